The fourth-order valence-corrected chi connectivity index (χ4v) is 1.84. The third-order valence-corrected chi connectivity index (χ3v) is 2.33. The maximum atomic E-state index is 5.81. The molecule has 13 heavy (non-hydrogen) atoms. The van der Waals surface area contributed by atoms with Crippen molar-refractivity contribution < 1.29 is 4.74 Å². The number of ether oxygens (including phenoxy) is 1. The Hall–Kier alpha value is -0.380. The normalized spacial score (nSPS) is 14.5. The molecule has 1 unspecified atom stereocenters. The topological polar surface area (TPSA) is 35.2 Å². The molecule has 74 valence electrons. The zero-order valence-electron chi connectivity index (χ0n) is 8.41. The molecular formula is C10H17NOS. The second-order valence-electron chi connectivity index (χ2n) is 4.01. The molecule has 0 radical (unpaired) electrons. The van der Waals surface area contributed by atoms with Gasteiger partial charge in [0.05, 0.1) is 11.7 Å². The van der Waals surface area contributed by atoms with Gasteiger partial charge >= 0.3 is 0 Å². The van der Waals surface area contributed by atoms with Gasteiger partial charge in [0.1, 0.15) is 0 Å². The molecule has 0 aromatic carbocycles. The van der Waals surface area contributed by atoms with Crippen LogP contribution in [0.5, 0.6) is 0 Å². The molecule has 0 aliphatic rings. The van der Waals surface area contributed by atoms with Gasteiger partial charge in [0.15, 0.2) is 0 Å². The van der Waals surface area contributed by atoms with Gasteiger partial charge < -0.3 is 10.5 Å². The smallest absolute Gasteiger partial charge is 0.0962 e. The van der Waals surface area contributed by atoms with Crippen molar-refractivity contribution in [2.75, 3.05) is 6.54 Å². The van der Waals surface area contributed by atoms with E-state index in [0.717, 1.165) is 0 Å². The van der Waals surface area contributed by atoms with Gasteiger partial charge in [0, 0.05) is 6.54 Å². The summed E-state index contributed by atoms with van der Waals surface area (Å²) in [5.74, 6) is 0. The lowest BCUT2D eigenvalue weighted by molar-refractivity contribution is -0.0571. The number of nitrogens with two attached hydrogens (primary N) is 1. The van der Waals surface area contributed by atoms with Gasteiger partial charge in [0.2, 0.25) is 0 Å². The Morgan fingerprint density at radius 1 is 1.54 bits per heavy atom. The van der Waals surface area contributed by atoms with E-state index in [2.05, 4.69) is 11.4 Å². The van der Waals surface area contributed by atoms with Gasteiger partial charge in [-0.3, -0.25) is 0 Å². The Morgan fingerprint density at radius 2 is 2.23 bits per heavy atom. The maximum Gasteiger partial charge on any atom is 0.0962 e. The van der Waals surface area contributed by atoms with Crippen LogP contribution in [0.4, 0.5) is 0 Å². The summed E-state index contributed by atoms with van der Waals surface area (Å²) in [6.07, 6.45) is 0.0336. The van der Waals surface area contributed by atoms with Crippen LogP contribution in [-0.4, -0.2) is 12.1 Å². The number of hydrogen-bond donors (Lipinski definition) is 1. The molecular weight excluding hydrogens is 182 g/mol. The fourth-order valence-electron chi connectivity index (χ4n) is 1.14. The van der Waals surface area contributed by atoms with E-state index < -0.39 is 0 Å². The molecule has 1 aromatic heterocycles. The molecule has 3 heteroatoms. The summed E-state index contributed by atoms with van der Waals surface area (Å²) in [6, 6.07) is 2.06. The van der Waals surface area contributed by atoms with Crippen molar-refractivity contribution >= 4 is 11.3 Å². The summed E-state index contributed by atoms with van der Waals surface area (Å²) < 4.78 is 5.81. The van der Waals surface area contributed by atoms with Gasteiger partial charge in [-0.25, -0.2) is 0 Å². The predicted octanol–water partition coefficient (Wildman–Crippen LogP) is 2.56. The van der Waals surface area contributed by atoms with E-state index in [1.807, 2.05) is 26.2 Å². The third kappa shape index (κ3) is 3.46. The van der Waals surface area contributed by atoms with Crippen molar-refractivity contribution in [3.05, 3.63) is 22.4 Å². The van der Waals surface area contributed by atoms with Crippen LogP contribution in [0.2, 0.25) is 0 Å². The Kier molecular flexibility index (Phi) is 3.47. The van der Waals surface area contributed by atoms with Crippen LogP contribution < -0.4 is 5.73 Å². The predicted molar refractivity (Wildman–Crippen MR) is 57.0 cm³/mol. The summed E-state index contributed by atoms with van der Waals surface area (Å²) in [5, 5.41) is 4.13. The molecule has 2 N–H and O–H groups in total. The summed E-state index contributed by atoms with van der Waals surface area (Å²) >= 11 is 1.67. The highest BCUT2D eigenvalue weighted by Crippen LogP contribution is 2.24. The number of hydrogen-bond acceptors (Lipinski definition) is 3. The van der Waals surface area contributed by atoms with Crippen LogP contribution in [0.15, 0.2) is 16.8 Å². The first-order valence-corrected chi connectivity index (χ1v) is 5.37. The maximum absolute atomic E-state index is 5.81. The first-order valence-electron chi connectivity index (χ1n) is 4.43. The van der Waals surface area contributed by atoms with Crippen molar-refractivity contribution in [3.63, 3.8) is 0 Å². The van der Waals surface area contributed by atoms with E-state index in [0.29, 0.717) is 6.54 Å². The minimum absolute atomic E-state index is 0.0336. The Labute approximate surface area is 83.7 Å². The van der Waals surface area contributed by atoms with Gasteiger partial charge in [0.25, 0.3) is 0 Å². The van der Waals surface area contributed by atoms with E-state index in [4.69, 9.17) is 10.5 Å². The van der Waals surface area contributed by atoms with Crippen molar-refractivity contribution in [2.45, 2.75) is 32.5 Å². The summed E-state index contributed by atoms with van der Waals surface area (Å²) in [6.45, 7) is 6.67. The molecule has 0 aliphatic carbocycles. The van der Waals surface area contributed by atoms with Gasteiger partial charge in [-0.1, -0.05) is 0 Å². The van der Waals surface area contributed by atoms with E-state index in [1.54, 1.807) is 11.3 Å². The van der Waals surface area contributed by atoms with Crippen molar-refractivity contribution in [1.82, 2.24) is 0 Å². The molecule has 0 amide bonds. The average molecular weight is 199 g/mol. The van der Waals surface area contributed by atoms with E-state index >= 15 is 0 Å². The quantitative estimate of drug-likeness (QED) is 0.812. The summed E-state index contributed by atoms with van der Waals surface area (Å²) in [7, 11) is 0. The van der Waals surface area contributed by atoms with Crippen LogP contribution in [0.25, 0.3) is 0 Å². The number of thiophene rings is 1. The highest BCUT2D eigenvalue weighted by atomic mass is 32.1. The highest BCUT2D eigenvalue weighted by Gasteiger charge is 2.19. The largest absolute Gasteiger partial charge is 0.367 e. The summed E-state index contributed by atoms with van der Waals surface area (Å²) in [5.41, 5.74) is 6.70. The SMILES string of the molecule is CC(C)(C)OC(CN)c1ccsc1. The van der Waals surface area contributed by atoms with E-state index in [9.17, 15) is 0 Å². The lowest BCUT2D eigenvalue weighted by Gasteiger charge is -2.26. The standard InChI is InChI=1S/C10H17NOS/c1-10(2,3)12-9(6-11)8-4-5-13-7-8/h4-5,7,9H,6,11H2,1-3H3. The zero-order chi connectivity index (χ0) is 9.90. The van der Waals surface area contributed by atoms with Crippen LogP contribution in [-0.2, 0) is 4.74 Å². The molecule has 0 saturated heterocycles. The van der Waals surface area contributed by atoms with Crippen LogP contribution in [0.1, 0.15) is 32.4 Å². The molecule has 0 fully saturated rings. The molecule has 1 atom stereocenters. The zero-order valence-corrected chi connectivity index (χ0v) is 9.23. The molecule has 1 heterocycles. The number of rotatable bonds is 3. The molecule has 0 saturated carbocycles. The first-order chi connectivity index (χ1) is 6.03. The monoisotopic (exact) mass is 199 g/mol. The van der Waals surface area contributed by atoms with Gasteiger partial charge in [-0.15, -0.1) is 0 Å². The molecule has 0 spiro atoms. The summed E-state index contributed by atoms with van der Waals surface area (Å²) in [4.78, 5) is 0. The second kappa shape index (κ2) is 4.22. The Bertz CT molecular complexity index is 238. The minimum atomic E-state index is -0.133. The van der Waals surface area contributed by atoms with E-state index in [1.165, 1.54) is 5.56 Å². The van der Waals surface area contributed by atoms with Gasteiger partial charge in [-0.2, -0.15) is 11.3 Å². The highest BCUT2D eigenvalue weighted by molar-refractivity contribution is 7.07. The van der Waals surface area contributed by atoms with E-state index in [-0.39, 0.29) is 11.7 Å². The minimum Gasteiger partial charge on any atom is -0.367 e. The average Bonchev–Trinajstić information content (AvgIpc) is 2.50. The van der Waals surface area contributed by atoms with Crippen LogP contribution in [0.3, 0.4) is 0 Å². The molecule has 0 aliphatic heterocycles. The molecule has 2 nitrogen and oxygen atoms in total. The first kappa shape index (κ1) is 10.7. The molecule has 1 aromatic rings. The van der Waals surface area contributed by atoms with Crippen molar-refractivity contribution in [1.29, 1.82) is 0 Å². The molecule has 1 rings (SSSR count). The van der Waals surface area contributed by atoms with Crippen molar-refractivity contribution in [3.8, 4) is 0 Å². The van der Waals surface area contributed by atoms with Crippen LogP contribution >= 0.6 is 11.3 Å². The second-order valence-corrected chi connectivity index (χ2v) is 4.79. The van der Waals surface area contributed by atoms with Crippen molar-refractivity contribution in [2.24, 2.45) is 5.73 Å². The fraction of sp³-hybridized carbons (Fsp3) is 0.600. The Balaban J connectivity index is 2.64. The third-order valence-electron chi connectivity index (χ3n) is 1.62. The Morgan fingerprint density at radius 3 is 2.62 bits per heavy atom. The molecule has 0 bridgehead atoms. The lowest BCUT2D eigenvalue weighted by atomic mass is 10.1. The van der Waals surface area contributed by atoms with Crippen LogP contribution in [0, 0.1) is 0 Å². The lowest BCUT2D eigenvalue weighted by Crippen LogP contribution is -2.26. The van der Waals surface area contributed by atoms with Gasteiger partial charge in [-0.05, 0) is 43.2 Å².